The molecule has 1 aromatic heterocycles. The van der Waals surface area contributed by atoms with Gasteiger partial charge in [0.15, 0.2) is 0 Å². The highest BCUT2D eigenvalue weighted by molar-refractivity contribution is 6.29. The van der Waals surface area contributed by atoms with E-state index >= 15 is 0 Å². The number of hydrogen-bond donors (Lipinski definition) is 0. The molecule has 3 heteroatoms. The smallest absolute Gasteiger partial charge is 0.203 e. The van der Waals surface area contributed by atoms with Crippen molar-refractivity contribution < 1.29 is 0 Å². The normalized spacial score (nSPS) is 9.71. The molecule has 1 aromatic carbocycles. The van der Waals surface area contributed by atoms with Gasteiger partial charge in [-0.2, -0.15) is 0 Å². The monoisotopic (exact) mass is 210 g/mol. The van der Waals surface area contributed by atoms with Crippen LogP contribution in [0.4, 0.5) is 0 Å². The molecule has 0 spiro atoms. The molecule has 76 valence electrons. The molecule has 0 amide bonds. The molecule has 0 N–H and O–H groups in total. The Morgan fingerprint density at radius 3 is 2.57 bits per heavy atom. The van der Waals surface area contributed by atoms with Gasteiger partial charge in [-0.05, 0) is 30.7 Å². The largest absolute Gasteiger partial charge is 0.315 e. The van der Waals surface area contributed by atoms with Gasteiger partial charge in [0.2, 0.25) is 5.28 Å². The van der Waals surface area contributed by atoms with Gasteiger partial charge >= 0.3 is 0 Å². The van der Waals surface area contributed by atoms with Gasteiger partial charge in [0.25, 0.3) is 0 Å². The van der Waals surface area contributed by atoms with E-state index in [1.165, 1.54) is 0 Å². The summed E-state index contributed by atoms with van der Waals surface area (Å²) in [5, 5.41) is 0.568. The van der Waals surface area contributed by atoms with E-state index in [0.717, 1.165) is 17.6 Å². The Hall–Kier alpha value is -1.02. The van der Waals surface area contributed by atoms with Crippen molar-refractivity contribution in [2.24, 2.45) is 0 Å². The Morgan fingerprint density at radius 1 is 1.29 bits per heavy atom. The number of imidazole rings is 1. The van der Waals surface area contributed by atoms with Crippen molar-refractivity contribution >= 4 is 22.6 Å². The van der Waals surface area contributed by atoms with Crippen molar-refractivity contribution in [2.45, 2.75) is 27.3 Å². The minimum Gasteiger partial charge on any atom is -0.315 e. The molecule has 2 aromatic rings. The first-order valence-electron chi connectivity index (χ1n) is 4.93. The second kappa shape index (κ2) is 5.01. The summed E-state index contributed by atoms with van der Waals surface area (Å²) in [6.07, 6.45) is 0. The van der Waals surface area contributed by atoms with Crippen molar-refractivity contribution in [1.82, 2.24) is 9.55 Å². The predicted molar refractivity (Wildman–Crippen MR) is 61.8 cm³/mol. The summed E-state index contributed by atoms with van der Waals surface area (Å²) in [5.74, 6) is 0. The van der Waals surface area contributed by atoms with Crippen molar-refractivity contribution in [3.05, 3.63) is 29.5 Å². The Bertz CT molecular complexity index is 407. The Morgan fingerprint density at radius 2 is 1.93 bits per heavy atom. The van der Waals surface area contributed by atoms with Crippen molar-refractivity contribution in [2.75, 3.05) is 0 Å². The van der Waals surface area contributed by atoms with Crippen LogP contribution in [0.25, 0.3) is 11.0 Å². The summed E-state index contributed by atoms with van der Waals surface area (Å²) >= 11 is 5.92. The summed E-state index contributed by atoms with van der Waals surface area (Å²) in [5.41, 5.74) is 2.06. The highest BCUT2D eigenvalue weighted by Gasteiger charge is 2.04. The lowest BCUT2D eigenvalue weighted by atomic mass is 10.3. The van der Waals surface area contributed by atoms with Gasteiger partial charge in [-0.1, -0.05) is 26.0 Å². The maximum atomic E-state index is 5.92. The molecular formula is C11H15ClN2. The maximum absolute atomic E-state index is 5.92. The fourth-order valence-corrected chi connectivity index (χ4v) is 1.65. The Labute approximate surface area is 89.5 Å². The standard InChI is InChI=1S/C9H9ClN2.C2H6/c1-2-12-8-6-4-3-5-7(8)11-9(12)10;1-2/h3-6H,2H2,1H3;1-2H3. The van der Waals surface area contributed by atoms with Crippen LogP contribution < -0.4 is 0 Å². The average Bonchev–Trinajstić information content (AvgIpc) is 2.56. The average molecular weight is 211 g/mol. The van der Waals surface area contributed by atoms with E-state index < -0.39 is 0 Å². The van der Waals surface area contributed by atoms with Crippen molar-refractivity contribution in [1.29, 1.82) is 0 Å². The zero-order chi connectivity index (χ0) is 10.6. The molecule has 0 fully saturated rings. The molecule has 0 aliphatic rings. The quantitative estimate of drug-likeness (QED) is 0.701. The zero-order valence-corrected chi connectivity index (χ0v) is 9.54. The number of fused-ring (bicyclic) bond motifs is 1. The van der Waals surface area contributed by atoms with Crippen LogP contribution in [0.1, 0.15) is 20.8 Å². The van der Waals surface area contributed by atoms with Crippen LogP contribution in [0.15, 0.2) is 24.3 Å². The Kier molecular flexibility index (Phi) is 3.96. The fourth-order valence-electron chi connectivity index (χ4n) is 1.35. The van der Waals surface area contributed by atoms with E-state index in [1.54, 1.807) is 0 Å². The first-order valence-corrected chi connectivity index (χ1v) is 5.31. The van der Waals surface area contributed by atoms with Gasteiger partial charge in [-0.3, -0.25) is 0 Å². The maximum Gasteiger partial charge on any atom is 0.203 e. The minimum atomic E-state index is 0.568. The van der Waals surface area contributed by atoms with Gasteiger partial charge in [0.05, 0.1) is 11.0 Å². The lowest BCUT2D eigenvalue weighted by molar-refractivity contribution is 0.788. The molecule has 2 rings (SSSR count). The first kappa shape index (κ1) is 11.1. The number of halogens is 1. The summed E-state index contributed by atoms with van der Waals surface area (Å²) < 4.78 is 1.98. The Balaban J connectivity index is 0.000000461. The number of benzene rings is 1. The molecule has 0 aliphatic heterocycles. The predicted octanol–water partition coefficient (Wildman–Crippen LogP) is 3.74. The summed E-state index contributed by atoms with van der Waals surface area (Å²) in [4.78, 5) is 4.21. The number of hydrogen-bond acceptors (Lipinski definition) is 1. The van der Waals surface area contributed by atoms with Crippen LogP contribution in [0.3, 0.4) is 0 Å². The van der Waals surface area contributed by atoms with Crippen molar-refractivity contribution in [3.8, 4) is 0 Å². The van der Waals surface area contributed by atoms with Gasteiger partial charge < -0.3 is 4.57 Å². The number of aromatic nitrogens is 2. The highest BCUT2D eigenvalue weighted by Crippen LogP contribution is 2.18. The van der Waals surface area contributed by atoms with Gasteiger partial charge in [-0.15, -0.1) is 0 Å². The van der Waals surface area contributed by atoms with Gasteiger partial charge in [-0.25, -0.2) is 4.98 Å². The third-order valence-corrected chi connectivity index (χ3v) is 2.21. The van der Waals surface area contributed by atoms with Crippen LogP contribution in [0.5, 0.6) is 0 Å². The topological polar surface area (TPSA) is 17.8 Å². The summed E-state index contributed by atoms with van der Waals surface area (Å²) in [6, 6.07) is 7.95. The molecule has 0 aliphatic carbocycles. The molecule has 0 atom stereocenters. The van der Waals surface area contributed by atoms with E-state index in [-0.39, 0.29) is 0 Å². The number of rotatable bonds is 1. The van der Waals surface area contributed by atoms with Crippen LogP contribution in [0.2, 0.25) is 5.28 Å². The molecule has 2 nitrogen and oxygen atoms in total. The van der Waals surface area contributed by atoms with E-state index in [0.29, 0.717) is 5.28 Å². The highest BCUT2D eigenvalue weighted by atomic mass is 35.5. The third kappa shape index (κ3) is 1.90. The number of aryl methyl sites for hydroxylation is 1. The van der Waals surface area contributed by atoms with E-state index in [4.69, 9.17) is 11.6 Å². The van der Waals surface area contributed by atoms with Crippen LogP contribution in [-0.2, 0) is 6.54 Å². The molecule has 0 radical (unpaired) electrons. The van der Waals surface area contributed by atoms with E-state index in [2.05, 4.69) is 11.9 Å². The van der Waals surface area contributed by atoms with Crippen LogP contribution in [0, 0.1) is 0 Å². The third-order valence-electron chi connectivity index (χ3n) is 1.92. The molecule has 0 saturated heterocycles. The SMILES string of the molecule is CC.CCn1c(Cl)nc2ccccc21. The second-order valence-corrected chi connectivity index (χ2v) is 2.95. The molecule has 0 saturated carbocycles. The number of para-hydroxylation sites is 2. The molecule has 0 unspecified atom stereocenters. The first-order chi connectivity index (χ1) is 6.83. The molecule has 1 heterocycles. The number of nitrogens with zero attached hydrogens (tertiary/aromatic N) is 2. The van der Waals surface area contributed by atoms with Crippen LogP contribution in [-0.4, -0.2) is 9.55 Å². The van der Waals surface area contributed by atoms with E-state index in [9.17, 15) is 0 Å². The second-order valence-electron chi connectivity index (χ2n) is 2.61. The minimum absolute atomic E-state index is 0.568. The van der Waals surface area contributed by atoms with Crippen LogP contribution >= 0.6 is 11.6 Å². The summed E-state index contributed by atoms with van der Waals surface area (Å²) in [7, 11) is 0. The summed E-state index contributed by atoms with van der Waals surface area (Å²) in [6.45, 7) is 6.92. The lowest BCUT2D eigenvalue weighted by Gasteiger charge is -1.98. The lowest BCUT2D eigenvalue weighted by Crippen LogP contribution is -1.92. The van der Waals surface area contributed by atoms with E-state index in [1.807, 2.05) is 42.7 Å². The van der Waals surface area contributed by atoms with Crippen molar-refractivity contribution in [3.63, 3.8) is 0 Å². The molecular weight excluding hydrogens is 196 g/mol. The van der Waals surface area contributed by atoms with Gasteiger partial charge in [0.1, 0.15) is 0 Å². The molecule has 0 bridgehead atoms. The fraction of sp³-hybridized carbons (Fsp3) is 0.364. The van der Waals surface area contributed by atoms with Gasteiger partial charge in [0, 0.05) is 6.54 Å². The molecule has 14 heavy (non-hydrogen) atoms. The zero-order valence-electron chi connectivity index (χ0n) is 8.79.